The number of rotatable bonds is 6. The molecule has 2 aliphatic rings. The van der Waals surface area contributed by atoms with Crippen molar-refractivity contribution in [3.05, 3.63) is 0 Å². The smallest absolute Gasteiger partial charge is 0.303 e. The van der Waals surface area contributed by atoms with E-state index in [4.69, 9.17) is 0 Å². The lowest BCUT2D eigenvalue weighted by Gasteiger charge is -2.36. The van der Waals surface area contributed by atoms with E-state index < -0.39 is 8.72 Å². The summed E-state index contributed by atoms with van der Waals surface area (Å²) < 4.78 is 0. The maximum atomic E-state index is 3.86. The van der Waals surface area contributed by atoms with Crippen LogP contribution >= 0.6 is 0 Å². The summed E-state index contributed by atoms with van der Waals surface area (Å²) in [5.41, 5.74) is 0. The molecule has 0 saturated heterocycles. The maximum absolute atomic E-state index is 3.86. The Balaban J connectivity index is 1.91. The second-order valence-corrected chi connectivity index (χ2v) is 8.58. The van der Waals surface area contributed by atoms with Gasteiger partial charge in [-0.25, -0.2) is 0 Å². The quantitative estimate of drug-likeness (QED) is 0.534. The zero-order valence-electron chi connectivity index (χ0n) is 11.3. The molecule has 0 spiro atoms. The van der Waals surface area contributed by atoms with Crippen molar-refractivity contribution in [1.29, 1.82) is 0 Å². The molecule has 2 aliphatic carbocycles. The van der Waals surface area contributed by atoms with E-state index >= 15 is 0 Å². The third-order valence-corrected chi connectivity index (χ3v) is 7.48. The monoisotopic (exact) mass is 256 g/mol. The van der Waals surface area contributed by atoms with Gasteiger partial charge in [0.2, 0.25) is 0 Å². The first-order valence-electron chi connectivity index (χ1n) is 7.21. The lowest BCUT2D eigenvalue weighted by molar-refractivity contribution is 0.548. The van der Waals surface area contributed by atoms with Crippen LogP contribution in [0.4, 0.5) is 0 Å². The van der Waals surface area contributed by atoms with E-state index in [-0.39, 0.29) is 0 Å². The molecule has 0 bridgehead atoms. The van der Waals surface area contributed by atoms with Crippen LogP contribution in [0.3, 0.4) is 0 Å². The fourth-order valence-corrected chi connectivity index (χ4v) is 5.92. The molecule has 4 N–H and O–H groups in total. The van der Waals surface area contributed by atoms with Crippen molar-refractivity contribution in [3.8, 4) is 0 Å². The summed E-state index contributed by atoms with van der Waals surface area (Å²) in [4.78, 5) is 14.8. The molecule has 0 unspecified atom stereocenters. The fraction of sp³-hybridized carbons (Fsp3) is 1.00. The first-order chi connectivity index (χ1) is 8.28. The average Bonchev–Trinajstić information content (AvgIpc) is 3.01. The van der Waals surface area contributed by atoms with Crippen LogP contribution in [0.15, 0.2) is 0 Å². The number of hydrogen-bond acceptors (Lipinski definition) is 4. The lowest BCUT2D eigenvalue weighted by Crippen LogP contribution is -2.81. The standard InChI is InChI=1S/C12H28N4Si/c1-13-17(14-2,15-11-7-3-4-8-11)16-12-9-5-6-10-12/h11-16H,3-10H2,1-2H3. The molecule has 4 nitrogen and oxygen atoms in total. The van der Waals surface area contributed by atoms with Crippen LogP contribution in [0.2, 0.25) is 0 Å². The Bertz CT molecular complexity index is 201. The van der Waals surface area contributed by atoms with Crippen LogP contribution in [0.5, 0.6) is 0 Å². The summed E-state index contributed by atoms with van der Waals surface area (Å²) >= 11 is 0. The van der Waals surface area contributed by atoms with Gasteiger partial charge < -0.3 is 9.96 Å². The van der Waals surface area contributed by atoms with Gasteiger partial charge in [0.15, 0.2) is 0 Å². The van der Waals surface area contributed by atoms with Crippen LogP contribution < -0.4 is 19.9 Å². The second kappa shape index (κ2) is 6.29. The van der Waals surface area contributed by atoms with Gasteiger partial charge in [0.25, 0.3) is 0 Å². The highest BCUT2D eigenvalue weighted by Gasteiger charge is 2.37. The van der Waals surface area contributed by atoms with Crippen LogP contribution in [0.1, 0.15) is 51.4 Å². The molecular formula is C12H28N4Si. The van der Waals surface area contributed by atoms with E-state index in [9.17, 15) is 0 Å². The predicted molar refractivity (Wildman–Crippen MR) is 74.7 cm³/mol. The highest BCUT2D eigenvalue weighted by atomic mass is 28.4. The third kappa shape index (κ3) is 3.51. The van der Waals surface area contributed by atoms with Crippen molar-refractivity contribution in [2.75, 3.05) is 14.1 Å². The minimum absolute atomic E-state index is 0.704. The summed E-state index contributed by atoms with van der Waals surface area (Å²) in [7, 11) is 2.28. The Kier molecular flexibility index (Phi) is 4.99. The Morgan fingerprint density at radius 2 is 1.06 bits per heavy atom. The molecule has 0 aromatic carbocycles. The topological polar surface area (TPSA) is 48.1 Å². The van der Waals surface area contributed by atoms with Gasteiger partial charge in [-0.15, -0.1) is 0 Å². The van der Waals surface area contributed by atoms with Gasteiger partial charge in [-0.1, -0.05) is 25.7 Å². The maximum Gasteiger partial charge on any atom is 0.365 e. The molecule has 0 atom stereocenters. The summed E-state index contributed by atoms with van der Waals surface area (Å²) in [5.74, 6) is 0. The molecule has 17 heavy (non-hydrogen) atoms. The molecule has 0 aromatic rings. The highest BCUT2D eigenvalue weighted by molar-refractivity contribution is 6.70. The van der Waals surface area contributed by atoms with E-state index in [1.165, 1.54) is 51.4 Å². The summed E-state index contributed by atoms with van der Waals surface area (Å²) in [6.45, 7) is 0. The van der Waals surface area contributed by atoms with Gasteiger partial charge in [0.05, 0.1) is 0 Å². The molecule has 0 heterocycles. The summed E-state index contributed by atoms with van der Waals surface area (Å²) in [5, 5.41) is 0. The van der Waals surface area contributed by atoms with Gasteiger partial charge >= 0.3 is 8.72 Å². The van der Waals surface area contributed by atoms with E-state index in [2.05, 4.69) is 34.0 Å². The molecule has 0 radical (unpaired) electrons. The van der Waals surface area contributed by atoms with E-state index in [0.717, 1.165) is 0 Å². The molecule has 2 saturated carbocycles. The number of hydrogen-bond donors (Lipinski definition) is 4. The third-order valence-electron chi connectivity index (χ3n) is 4.30. The molecular weight excluding hydrogens is 228 g/mol. The van der Waals surface area contributed by atoms with Crippen molar-refractivity contribution < 1.29 is 0 Å². The first-order valence-corrected chi connectivity index (χ1v) is 9.21. The van der Waals surface area contributed by atoms with E-state index in [1.54, 1.807) is 0 Å². The molecule has 2 fully saturated rings. The molecule has 0 amide bonds. The van der Waals surface area contributed by atoms with Gasteiger partial charge in [0, 0.05) is 12.1 Å². The van der Waals surface area contributed by atoms with Gasteiger partial charge in [0.1, 0.15) is 0 Å². The van der Waals surface area contributed by atoms with Crippen LogP contribution in [-0.2, 0) is 0 Å². The Hall–Kier alpha value is 0.0569. The molecule has 0 aromatic heterocycles. The second-order valence-electron chi connectivity index (χ2n) is 5.50. The summed E-state index contributed by atoms with van der Waals surface area (Å²) in [6, 6.07) is 1.41. The van der Waals surface area contributed by atoms with E-state index in [1.807, 2.05) is 0 Å². The summed E-state index contributed by atoms with van der Waals surface area (Å²) in [6.07, 6.45) is 10.9. The molecule has 5 heteroatoms. The molecule has 100 valence electrons. The van der Waals surface area contributed by atoms with E-state index in [0.29, 0.717) is 12.1 Å². The Morgan fingerprint density at radius 1 is 0.706 bits per heavy atom. The minimum atomic E-state index is -1.87. The van der Waals surface area contributed by atoms with Gasteiger partial charge in [-0.05, 0) is 39.8 Å². The van der Waals surface area contributed by atoms with Crippen molar-refractivity contribution >= 4 is 8.72 Å². The minimum Gasteiger partial charge on any atom is -0.303 e. The van der Waals surface area contributed by atoms with Crippen molar-refractivity contribution in [2.45, 2.75) is 63.5 Å². The normalized spacial score (nSPS) is 23.6. The number of nitrogens with one attached hydrogen (secondary N) is 4. The van der Waals surface area contributed by atoms with Crippen molar-refractivity contribution in [3.63, 3.8) is 0 Å². The Morgan fingerprint density at radius 3 is 1.35 bits per heavy atom. The largest absolute Gasteiger partial charge is 0.365 e. The fourth-order valence-electron chi connectivity index (χ4n) is 3.21. The van der Waals surface area contributed by atoms with Gasteiger partial charge in [-0.2, -0.15) is 0 Å². The van der Waals surface area contributed by atoms with Crippen molar-refractivity contribution in [1.82, 2.24) is 19.9 Å². The van der Waals surface area contributed by atoms with Crippen molar-refractivity contribution in [2.24, 2.45) is 0 Å². The van der Waals surface area contributed by atoms with Crippen LogP contribution in [0, 0.1) is 0 Å². The van der Waals surface area contributed by atoms with Crippen LogP contribution in [-0.4, -0.2) is 34.9 Å². The predicted octanol–water partition coefficient (Wildman–Crippen LogP) is 0.925. The van der Waals surface area contributed by atoms with Gasteiger partial charge in [-0.3, -0.25) is 9.96 Å². The zero-order chi connectivity index (χ0) is 12.1. The molecule has 0 aliphatic heterocycles. The first kappa shape index (κ1) is 13.5. The zero-order valence-corrected chi connectivity index (χ0v) is 12.3. The average molecular weight is 256 g/mol. The van der Waals surface area contributed by atoms with Crippen LogP contribution in [0.25, 0.3) is 0 Å². The Labute approximate surface area is 107 Å². The lowest BCUT2D eigenvalue weighted by atomic mass is 10.3. The highest BCUT2D eigenvalue weighted by Crippen LogP contribution is 2.20. The molecule has 2 rings (SSSR count). The SMILES string of the molecule is CN[Si](NC)(NC1CCCC1)NC1CCCC1.